The van der Waals surface area contributed by atoms with Gasteiger partial charge in [-0.15, -0.1) is 0 Å². The monoisotopic (exact) mass is 349 g/mol. The van der Waals surface area contributed by atoms with Crippen LogP contribution in [0.1, 0.15) is 44.9 Å². The fraction of sp³-hybridized carbons (Fsp3) is 0.471. The molecule has 0 N–H and O–H groups in total. The summed E-state index contributed by atoms with van der Waals surface area (Å²) < 4.78 is 8.42. The van der Waals surface area contributed by atoms with E-state index in [9.17, 15) is 4.79 Å². The molecule has 0 radical (unpaired) electrons. The van der Waals surface area contributed by atoms with E-state index in [1.165, 1.54) is 17.4 Å². The first-order chi connectivity index (χ1) is 9.87. The number of nitrogens with zero attached hydrogens (tertiary/aromatic N) is 1. The highest BCUT2D eigenvalue weighted by molar-refractivity contribution is 9.10. The summed E-state index contributed by atoms with van der Waals surface area (Å²) in [5, 5.41) is 1.17. The van der Waals surface area contributed by atoms with Gasteiger partial charge in [0.15, 0.2) is 0 Å². The van der Waals surface area contributed by atoms with Crippen molar-refractivity contribution < 1.29 is 9.53 Å². The third-order valence-electron chi connectivity index (χ3n) is 3.81. The number of hydrogen-bond acceptors (Lipinski definition) is 2. The van der Waals surface area contributed by atoms with Gasteiger partial charge in [0.1, 0.15) is 5.60 Å². The van der Waals surface area contributed by atoms with Crippen molar-refractivity contribution in [2.75, 3.05) is 0 Å². The molecule has 0 atom stereocenters. The SMILES string of the molecule is CC(C)(C)OC(=O)n1c2c(c3cc(Br)ccc31)CCCC2. The average Bonchev–Trinajstić information content (AvgIpc) is 2.71. The van der Waals surface area contributed by atoms with Crippen LogP contribution in [-0.2, 0) is 17.6 Å². The molecular formula is C17H20BrNO2. The van der Waals surface area contributed by atoms with E-state index < -0.39 is 5.60 Å². The molecular weight excluding hydrogens is 330 g/mol. The summed E-state index contributed by atoms with van der Waals surface area (Å²) in [7, 11) is 0. The van der Waals surface area contributed by atoms with Crippen molar-refractivity contribution in [3.05, 3.63) is 33.9 Å². The molecule has 0 saturated carbocycles. The Hall–Kier alpha value is -1.29. The van der Waals surface area contributed by atoms with Gasteiger partial charge in [0.2, 0.25) is 0 Å². The Kier molecular flexibility index (Phi) is 3.60. The third-order valence-corrected chi connectivity index (χ3v) is 4.30. The number of benzene rings is 1. The molecule has 3 nitrogen and oxygen atoms in total. The van der Waals surface area contributed by atoms with Crippen molar-refractivity contribution in [3.8, 4) is 0 Å². The zero-order valence-corrected chi connectivity index (χ0v) is 14.3. The van der Waals surface area contributed by atoms with Crippen LogP contribution < -0.4 is 0 Å². The molecule has 1 aromatic heterocycles. The zero-order chi connectivity index (χ0) is 15.2. The number of fused-ring (bicyclic) bond motifs is 3. The topological polar surface area (TPSA) is 31.2 Å². The predicted octanol–water partition coefficient (Wildman–Crippen LogP) is 5.07. The van der Waals surface area contributed by atoms with E-state index in [4.69, 9.17) is 4.74 Å². The summed E-state index contributed by atoms with van der Waals surface area (Å²) in [6, 6.07) is 6.09. The van der Waals surface area contributed by atoms with E-state index in [1.807, 2.05) is 32.9 Å². The first kappa shape index (κ1) is 14.6. The van der Waals surface area contributed by atoms with Crippen LogP contribution >= 0.6 is 15.9 Å². The quantitative estimate of drug-likeness (QED) is 0.665. The van der Waals surface area contributed by atoms with Gasteiger partial charge in [-0.3, -0.25) is 0 Å². The first-order valence-corrected chi connectivity index (χ1v) is 8.21. The zero-order valence-electron chi connectivity index (χ0n) is 12.7. The second-order valence-electron chi connectivity index (χ2n) is 6.61. The standard InChI is InChI=1S/C17H20BrNO2/c1-17(2,3)21-16(20)19-14-7-5-4-6-12(14)13-10-11(18)8-9-15(13)19/h8-10H,4-7H2,1-3H3. The van der Waals surface area contributed by atoms with Crippen molar-refractivity contribution in [1.29, 1.82) is 0 Å². The largest absolute Gasteiger partial charge is 0.443 e. The number of halogens is 1. The Labute approximate surface area is 133 Å². The van der Waals surface area contributed by atoms with Gasteiger partial charge in [-0.05, 0) is 70.2 Å². The molecule has 2 aromatic rings. The molecule has 0 amide bonds. The summed E-state index contributed by atoms with van der Waals surface area (Å²) in [6.07, 6.45) is 4.04. The number of aryl methyl sites for hydroxylation is 1. The van der Waals surface area contributed by atoms with Crippen molar-refractivity contribution in [2.24, 2.45) is 0 Å². The van der Waals surface area contributed by atoms with Gasteiger partial charge >= 0.3 is 6.09 Å². The number of carbonyl (C=O) groups is 1. The number of rotatable bonds is 0. The Morgan fingerprint density at radius 1 is 1.24 bits per heavy atom. The van der Waals surface area contributed by atoms with E-state index in [0.29, 0.717) is 0 Å². The van der Waals surface area contributed by atoms with E-state index in [1.54, 1.807) is 4.57 Å². The van der Waals surface area contributed by atoms with E-state index in [0.717, 1.165) is 34.9 Å². The lowest BCUT2D eigenvalue weighted by Crippen LogP contribution is -2.28. The molecule has 0 fully saturated rings. The van der Waals surface area contributed by atoms with Gasteiger partial charge in [0, 0.05) is 15.6 Å². The summed E-state index contributed by atoms with van der Waals surface area (Å²) in [5.74, 6) is 0. The average molecular weight is 350 g/mol. The molecule has 4 heteroatoms. The number of aromatic nitrogens is 1. The Morgan fingerprint density at radius 3 is 2.67 bits per heavy atom. The number of carbonyl (C=O) groups excluding carboxylic acids is 1. The minimum Gasteiger partial charge on any atom is -0.443 e. The Balaban J connectivity index is 2.19. The molecule has 0 aliphatic heterocycles. The van der Waals surface area contributed by atoms with Crippen molar-refractivity contribution in [3.63, 3.8) is 0 Å². The maximum absolute atomic E-state index is 12.6. The molecule has 1 aliphatic rings. The van der Waals surface area contributed by atoms with Crippen LogP contribution in [0.25, 0.3) is 10.9 Å². The van der Waals surface area contributed by atoms with Crippen molar-refractivity contribution >= 4 is 32.9 Å². The lowest BCUT2D eigenvalue weighted by Gasteiger charge is -2.22. The Morgan fingerprint density at radius 2 is 1.95 bits per heavy atom. The molecule has 3 rings (SSSR count). The van der Waals surface area contributed by atoms with E-state index >= 15 is 0 Å². The van der Waals surface area contributed by atoms with Gasteiger partial charge in [0.25, 0.3) is 0 Å². The summed E-state index contributed by atoms with van der Waals surface area (Å²) in [6.45, 7) is 5.71. The predicted molar refractivity (Wildman–Crippen MR) is 87.9 cm³/mol. The van der Waals surface area contributed by atoms with Crippen LogP contribution in [0.15, 0.2) is 22.7 Å². The van der Waals surface area contributed by atoms with Crippen LogP contribution in [0.4, 0.5) is 4.79 Å². The summed E-state index contributed by atoms with van der Waals surface area (Å²) >= 11 is 3.53. The van der Waals surface area contributed by atoms with Gasteiger partial charge in [-0.25, -0.2) is 9.36 Å². The van der Waals surface area contributed by atoms with Crippen LogP contribution in [0.2, 0.25) is 0 Å². The molecule has 21 heavy (non-hydrogen) atoms. The highest BCUT2D eigenvalue weighted by Gasteiger charge is 2.26. The van der Waals surface area contributed by atoms with Crippen LogP contribution in [0, 0.1) is 0 Å². The molecule has 1 aliphatic carbocycles. The fourth-order valence-electron chi connectivity index (χ4n) is 3.03. The summed E-state index contributed by atoms with van der Waals surface area (Å²) in [5.41, 5.74) is 2.91. The van der Waals surface area contributed by atoms with Gasteiger partial charge in [0.05, 0.1) is 5.52 Å². The minimum absolute atomic E-state index is 0.266. The number of ether oxygens (including phenoxy) is 1. The van der Waals surface area contributed by atoms with Gasteiger partial charge in [-0.2, -0.15) is 0 Å². The molecule has 0 spiro atoms. The highest BCUT2D eigenvalue weighted by atomic mass is 79.9. The van der Waals surface area contributed by atoms with Crippen LogP contribution in [0.5, 0.6) is 0 Å². The molecule has 0 bridgehead atoms. The van der Waals surface area contributed by atoms with Crippen LogP contribution in [0.3, 0.4) is 0 Å². The van der Waals surface area contributed by atoms with Crippen molar-refractivity contribution in [1.82, 2.24) is 4.57 Å². The van der Waals surface area contributed by atoms with Gasteiger partial charge in [-0.1, -0.05) is 15.9 Å². The van der Waals surface area contributed by atoms with E-state index in [-0.39, 0.29) is 6.09 Å². The second-order valence-corrected chi connectivity index (χ2v) is 7.53. The molecule has 1 heterocycles. The second kappa shape index (κ2) is 5.16. The first-order valence-electron chi connectivity index (χ1n) is 7.42. The molecule has 0 unspecified atom stereocenters. The maximum Gasteiger partial charge on any atom is 0.419 e. The lowest BCUT2D eigenvalue weighted by molar-refractivity contribution is 0.0539. The van der Waals surface area contributed by atoms with Crippen molar-refractivity contribution in [2.45, 2.75) is 52.1 Å². The number of hydrogen-bond donors (Lipinski definition) is 0. The van der Waals surface area contributed by atoms with E-state index in [2.05, 4.69) is 22.0 Å². The fourth-order valence-corrected chi connectivity index (χ4v) is 3.39. The highest BCUT2D eigenvalue weighted by Crippen LogP contribution is 2.34. The maximum atomic E-state index is 12.6. The van der Waals surface area contributed by atoms with Gasteiger partial charge < -0.3 is 4.74 Å². The molecule has 112 valence electrons. The minimum atomic E-state index is -0.482. The van der Waals surface area contributed by atoms with Crippen LogP contribution in [-0.4, -0.2) is 16.3 Å². The lowest BCUT2D eigenvalue weighted by atomic mass is 9.96. The Bertz CT molecular complexity index is 710. The summed E-state index contributed by atoms with van der Waals surface area (Å²) in [4.78, 5) is 12.6. The molecule has 0 saturated heterocycles. The normalized spacial score (nSPS) is 15.0. The molecule has 1 aromatic carbocycles. The smallest absolute Gasteiger partial charge is 0.419 e. The third kappa shape index (κ3) is 2.73.